The zero-order valence-corrected chi connectivity index (χ0v) is 17.5. The van der Waals surface area contributed by atoms with Crippen molar-refractivity contribution < 1.29 is 49.7 Å². The largest absolute Gasteiger partial charge is 1.00 e. The van der Waals surface area contributed by atoms with Gasteiger partial charge in [0, 0.05) is 12.4 Å². The van der Waals surface area contributed by atoms with E-state index in [1.807, 2.05) is 12.2 Å². The maximum Gasteiger partial charge on any atom is 1.00 e. The number of aliphatic hydroxyl groups excluding tert-OH is 1. The monoisotopic (exact) mass is 348 g/mol. The van der Waals surface area contributed by atoms with Gasteiger partial charge in [-0.15, -0.1) is 0 Å². The molecule has 1 fully saturated rings. The van der Waals surface area contributed by atoms with E-state index >= 15 is 0 Å². The molecule has 0 bridgehead atoms. The van der Waals surface area contributed by atoms with Crippen LogP contribution in [0.3, 0.4) is 0 Å². The van der Waals surface area contributed by atoms with Crippen LogP contribution in [0.1, 0.15) is 84.0 Å². The Morgan fingerprint density at radius 1 is 1.29 bits per heavy atom. The zero-order chi connectivity index (χ0) is 17.1. The van der Waals surface area contributed by atoms with Crippen molar-refractivity contribution in [2.75, 3.05) is 0 Å². The molecule has 1 rings (SSSR count). The van der Waals surface area contributed by atoms with Crippen molar-refractivity contribution in [1.29, 1.82) is 0 Å². The van der Waals surface area contributed by atoms with Gasteiger partial charge in [-0.2, -0.15) is 0 Å². The Bertz CT molecular complexity index is 372. The molecule has 24 heavy (non-hydrogen) atoms. The smallest absolute Gasteiger partial charge is 0.550 e. The topological polar surface area (TPSA) is 80.6 Å². The van der Waals surface area contributed by atoms with Crippen LogP contribution in [0.4, 0.5) is 0 Å². The Hall–Kier alpha value is 0.130. The first-order valence-corrected chi connectivity index (χ1v) is 9.24. The van der Waals surface area contributed by atoms with Crippen molar-refractivity contribution in [1.82, 2.24) is 0 Å². The second kappa shape index (κ2) is 13.3. The van der Waals surface area contributed by atoms with Crippen LogP contribution in [0.15, 0.2) is 12.2 Å². The number of hydrogen-bond donors (Lipinski definition) is 2. The molecule has 0 aromatic heterocycles. The summed E-state index contributed by atoms with van der Waals surface area (Å²) in [5.41, 5.74) is -1.14. The molecule has 2 N–H and O–H groups in total. The van der Waals surface area contributed by atoms with Gasteiger partial charge in [0.2, 0.25) is 0 Å². The van der Waals surface area contributed by atoms with Crippen LogP contribution in [0.25, 0.3) is 0 Å². The number of carbonyl (C=O) groups is 1. The molecular weight excluding hydrogens is 315 g/mol. The van der Waals surface area contributed by atoms with E-state index in [0.29, 0.717) is 12.8 Å². The van der Waals surface area contributed by atoms with Gasteiger partial charge in [-0.05, 0) is 38.0 Å². The minimum absolute atomic E-state index is 0. The van der Waals surface area contributed by atoms with Crippen molar-refractivity contribution >= 4 is 5.97 Å². The van der Waals surface area contributed by atoms with Gasteiger partial charge in [0.15, 0.2) is 0 Å². The van der Waals surface area contributed by atoms with E-state index in [-0.39, 0.29) is 41.9 Å². The van der Waals surface area contributed by atoms with E-state index < -0.39 is 17.7 Å². The predicted molar refractivity (Wildman–Crippen MR) is 89.7 cm³/mol. The number of carboxylic acids is 1. The summed E-state index contributed by atoms with van der Waals surface area (Å²) < 4.78 is 0. The Morgan fingerprint density at radius 3 is 2.62 bits per heavy atom. The van der Waals surface area contributed by atoms with Crippen molar-refractivity contribution in [2.24, 2.45) is 5.92 Å². The number of allylic oxidation sites excluding steroid dienone is 1. The van der Waals surface area contributed by atoms with E-state index in [9.17, 15) is 20.1 Å². The maximum absolute atomic E-state index is 10.7. The third-order valence-electron chi connectivity index (χ3n) is 4.79. The number of aliphatic hydroxyl groups is 2. The van der Waals surface area contributed by atoms with Crippen molar-refractivity contribution in [2.45, 2.75) is 95.7 Å². The molecule has 0 aromatic carbocycles. The Balaban J connectivity index is 0.00000529. The summed E-state index contributed by atoms with van der Waals surface area (Å²) in [5, 5.41) is 31.0. The number of unbranched alkanes of at least 4 members (excludes halogenated alkanes) is 5. The van der Waals surface area contributed by atoms with E-state index in [4.69, 9.17) is 0 Å². The number of carboxylic acid groups (broad SMARTS) is 1. The van der Waals surface area contributed by atoms with Crippen LogP contribution in [-0.2, 0) is 4.79 Å². The van der Waals surface area contributed by atoms with Crippen LogP contribution < -0.4 is 34.7 Å². The summed E-state index contributed by atoms with van der Waals surface area (Å²) in [6, 6.07) is 0. The average molecular weight is 348 g/mol. The van der Waals surface area contributed by atoms with Crippen LogP contribution in [-0.4, -0.2) is 27.9 Å². The molecule has 3 atom stereocenters. The van der Waals surface area contributed by atoms with Crippen molar-refractivity contribution in [3.63, 3.8) is 0 Å². The van der Waals surface area contributed by atoms with Crippen molar-refractivity contribution in [3.05, 3.63) is 12.2 Å². The summed E-state index contributed by atoms with van der Waals surface area (Å²) in [4.78, 5) is 10.7. The zero-order valence-electron chi connectivity index (χ0n) is 15.5. The molecule has 0 saturated heterocycles. The van der Waals surface area contributed by atoms with E-state index in [2.05, 4.69) is 6.92 Å². The molecule has 1 aliphatic rings. The van der Waals surface area contributed by atoms with E-state index in [1.165, 1.54) is 32.1 Å². The van der Waals surface area contributed by atoms with Gasteiger partial charge >= 0.3 is 29.6 Å². The van der Waals surface area contributed by atoms with E-state index in [1.54, 1.807) is 0 Å². The average Bonchev–Trinajstić information content (AvgIpc) is 2.47. The minimum Gasteiger partial charge on any atom is -0.550 e. The third kappa shape index (κ3) is 10.9. The maximum atomic E-state index is 10.7. The molecule has 0 spiro atoms. The molecular formula is C19H33NaO4. The molecule has 0 aromatic rings. The van der Waals surface area contributed by atoms with Crippen LogP contribution in [0.5, 0.6) is 0 Å². The number of rotatable bonds is 11. The molecule has 134 valence electrons. The molecule has 1 aliphatic carbocycles. The van der Waals surface area contributed by atoms with Gasteiger partial charge in [0.1, 0.15) is 0 Å². The quantitative estimate of drug-likeness (QED) is 0.306. The molecule has 1 saturated carbocycles. The van der Waals surface area contributed by atoms with Gasteiger partial charge in [-0.1, -0.05) is 57.6 Å². The van der Waals surface area contributed by atoms with Gasteiger partial charge in [0.05, 0.1) is 11.7 Å². The van der Waals surface area contributed by atoms with Gasteiger partial charge in [-0.25, -0.2) is 0 Å². The first-order chi connectivity index (χ1) is 10.9. The van der Waals surface area contributed by atoms with Crippen LogP contribution in [0.2, 0.25) is 0 Å². The van der Waals surface area contributed by atoms with Crippen LogP contribution >= 0.6 is 0 Å². The van der Waals surface area contributed by atoms with Gasteiger partial charge in [0.25, 0.3) is 0 Å². The molecule has 0 radical (unpaired) electrons. The summed E-state index contributed by atoms with van der Waals surface area (Å²) >= 11 is 0. The molecule has 0 amide bonds. The number of carbonyl (C=O) groups excluding carboxylic acids is 1. The standard InChI is InChI=1S/C19H34O4.Na/c1-2-3-4-5-6-7-10-17(20)12-11-16-9-8-13-19(23,14-16)15-18(21)22;/h11-12,16-17,20,23H,2-10,13-15H2,1H3,(H,21,22);/q;+1/p-1/b12-11+;/t16-,17?,19+;/m1./s1. The molecule has 4 nitrogen and oxygen atoms in total. The van der Waals surface area contributed by atoms with Gasteiger partial charge in [-0.3, -0.25) is 0 Å². The molecule has 1 unspecified atom stereocenters. The van der Waals surface area contributed by atoms with E-state index in [0.717, 1.165) is 25.7 Å². The summed E-state index contributed by atoms with van der Waals surface area (Å²) in [5.74, 6) is -1.05. The fourth-order valence-electron chi connectivity index (χ4n) is 3.49. The first kappa shape index (κ1) is 24.1. The second-order valence-electron chi connectivity index (χ2n) is 7.14. The summed E-state index contributed by atoms with van der Waals surface area (Å²) in [7, 11) is 0. The Labute approximate surface area is 169 Å². The molecule has 0 heterocycles. The Morgan fingerprint density at radius 2 is 1.96 bits per heavy atom. The third-order valence-corrected chi connectivity index (χ3v) is 4.79. The summed E-state index contributed by atoms with van der Waals surface area (Å²) in [6.07, 6.45) is 13.8. The molecule has 0 aliphatic heterocycles. The second-order valence-corrected chi connectivity index (χ2v) is 7.14. The number of hydrogen-bond acceptors (Lipinski definition) is 4. The fraction of sp³-hybridized carbons (Fsp3) is 0.842. The van der Waals surface area contributed by atoms with Crippen LogP contribution in [0, 0.1) is 5.92 Å². The minimum atomic E-state index is -1.19. The fourth-order valence-corrected chi connectivity index (χ4v) is 3.49. The SMILES string of the molecule is CCCCCCCCC(O)/C=C/[C@H]1CCC[C@@](O)(CC(=O)[O-])C1.[Na+]. The predicted octanol–water partition coefficient (Wildman–Crippen LogP) is -0.281. The summed E-state index contributed by atoms with van der Waals surface area (Å²) in [6.45, 7) is 2.20. The number of aliphatic carboxylic acids is 1. The molecule has 5 heteroatoms. The van der Waals surface area contributed by atoms with Gasteiger partial charge < -0.3 is 20.1 Å². The van der Waals surface area contributed by atoms with Crippen molar-refractivity contribution in [3.8, 4) is 0 Å². The Kier molecular flexibility index (Phi) is 13.4. The first-order valence-electron chi connectivity index (χ1n) is 9.24. The normalized spacial score (nSPS) is 25.4.